The van der Waals surface area contributed by atoms with Crippen LogP contribution in [0.25, 0.3) is 0 Å². The Morgan fingerprint density at radius 2 is 2.12 bits per heavy atom. The van der Waals surface area contributed by atoms with Gasteiger partial charge in [0.25, 0.3) is 0 Å². The van der Waals surface area contributed by atoms with Crippen LogP contribution in [0, 0.1) is 5.92 Å². The van der Waals surface area contributed by atoms with Crippen molar-refractivity contribution in [2.45, 2.75) is 37.9 Å². The molecule has 3 heteroatoms. The molecular formula is C13H26N2S. The fraction of sp³-hybridized carbons (Fsp3) is 1.00. The molecule has 0 radical (unpaired) electrons. The summed E-state index contributed by atoms with van der Waals surface area (Å²) in [7, 11) is 0. The summed E-state index contributed by atoms with van der Waals surface area (Å²) >= 11 is 2.13. The zero-order valence-corrected chi connectivity index (χ0v) is 11.4. The Morgan fingerprint density at radius 1 is 1.31 bits per heavy atom. The summed E-state index contributed by atoms with van der Waals surface area (Å²) in [6.07, 6.45) is 5.69. The van der Waals surface area contributed by atoms with Crippen molar-refractivity contribution < 1.29 is 0 Å². The van der Waals surface area contributed by atoms with E-state index in [0.29, 0.717) is 0 Å². The van der Waals surface area contributed by atoms with Crippen LogP contribution in [0.2, 0.25) is 0 Å². The zero-order valence-electron chi connectivity index (χ0n) is 10.6. The van der Waals surface area contributed by atoms with Crippen LogP contribution in [0.4, 0.5) is 0 Å². The highest BCUT2D eigenvalue weighted by molar-refractivity contribution is 7.99. The van der Waals surface area contributed by atoms with E-state index in [1.54, 1.807) is 0 Å². The fourth-order valence-electron chi connectivity index (χ4n) is 2.87. The van der Waals surface area contributed by atoms with Gasteiger partial charge in [-0.15, -0.1) is 0 Å². The van der Waals surface area contributed by atoms with Gasteiger partial charge in [0, 0.05) is 24.1 Å². The van der Waals surface area contributed by atoms with E-state index in [2.05, 4.69) is 28.9 Å². The van der Waals surface area contributed by atoms with E-state index in [0.717, 1.165) is 11.2 Å². The van der Waals surface area contributed by atoms with Gasteiger partial charge in [-0.25, -0.2) is 0 Å². The van der Waals surface area contributed by atoms with E-state index in [9.17, 15) is 0 Å². The lowest BCUT2D eigenvalue weighted by atomic mass is 9.93. The maximum atomic E-state index is 3.45. The summed E-state index contributed by atoms with van der Waals surface area (Å²) in [6.45, 7) is 8.85. The average molecular weight is 242 g/mol. The molecule has 0 aliphatic carbocycles. The van der Waals surface area contributed by atoms with Crippen molar-refractivity contribution in [1.82, 2.24) is 10.2 Å². The summed E-state index contributed by atoms with van der Waals surface area (Å²) in [5.41, 5.74) is 0. The monoisotopic (exact) mass is 242 g/mol. The summed E-state index contributed by atoms with van der Waals surface area (Å²) in [4.78, 5) is 2.67. The quantitative estimate of drug-likeness (QED) is 0.814. The van der Waals surface area contributed by atoms with E-state index < -0.39 is 0 Å². The molecule has 1 unspecified atom stereocenters. The molecule has 0 aromatic heterocycles. The Balaban J connectivity index is 1.56. The molecule has 2 fully saturated rings. The van der Waals surface area contributed by atoms with Crippen molar-refractivity contribution in [2.24, 2.45) is 5.92 Å². The standard InChI is InChI=1S/C13H26N2S/c1-12-11-15(9-10-16-12)8-2-3-13-4-6-14-7-5-13/h12-14H,2-11H2,1H3. The number of nitrogens with zero attached hydrogens (tertiary/aromatic N) is 1. The second-order valence-electron chi connectivity index (χ2n) is 5.32. The van der Waals surface area contributed by atoms with Gasteiger partial charge >= 0.3 is 0 Å². The van der Waals surface area contributed by atoms with Gasteiger partial charge in [-0.2, -0.15) is 11.8 Å². The predicted octanol–water partition coefficient (Wildman–Crippen LogP) is 2.20. The maximum absolute atomic E-state index is 3.45. The number of thioether (sulfide) groups is 1. The van der Waals surface area contributed by atoms with Gasteiger partial charge in [-0.1, -0.05) is 6.92 Å². The Bertz CT molecular complexity index is 192. The van der Waals surface area contributed by atoms with Crippen LogP contribution in [0.1, 0.15) is 32.6 Å². The Morgan fingerprint density at radius 3 is 2.88 bits per heavy atom. The first-order chi connectivity index (χ1) is 7.84. The smallest absolute Gasteiger partial charge is 0.0147 e. The number of nitrogens with one attached hydrogen (secondary N) is 1. The molecular weight excluding hydrogens is 216 g/mol. The summed E-state index contributed by atoms with van der Waals surface area (Å²) in [5.74, 6) is 2.35. The molecule has 0 amide bonds. The van der Waals surface area contributed by atoms with E-state index in [1.807, 2.05) is 0 Å². The third kappa shape index (κ3) is 4.27. The van der Waals surface area contributed by atoms with Crippen LogP contribution >= 0.6 is 11.8 Å². The molecule has 2 heterocycles. The van der Waals surface area contributed by atoms with Gasteiger partial charge in [0.1, 0.15) is 0 Å². The number of piperidine rings is 1. The highest BCUT2D eigenvalue weighted by atomic mass is 32.2. The van der Waals surface area contributed by atoms with Crippen LogP contribution < -0.4 is 5.32 Å². The Kier molecular flexibility index (Phi) is 5.46. The fourth-order valence-corrected chi connectivity index (χ4v) is 3.95. The average Bonchev–Trinajstić information content (AvgIpc) is 2.30. The lowest BCUT2D eigenvalue weighted by molar-refractivity contribution is 0.260. The lowest BCUT2D eigenvalue weighted by Crippen LogP contribution is -2.37. The first kappa shape index (κ1) is 12.7. The molecule has 2 aliphatic heterocycles. The zero-order chi connectivity index (χ0) is 11.2. The molecule has 0 bridgehead atoms. The Labute approximate surface area is 105 Å². The second-order valence-corrected chi connectivity index (χ2v) is 6.86. The van der Waals surface area contributed by atoms with E-state index >= 15 is 0 Å². The maximum Gasteiger partial charge on any atom is 0.0147 e. The van der Waals surface area contributed by atoms with Crippen molar-refractivity contribution in [1.29, 1.82) is 0 Å². The summed E-state index contributed by atoms with van der Waals surface area (Å²) in [5, 5.41) is 4.30. The van der Waals surface area contributed by atoms with E-state index in [1.165, 1.54) is 64.2 Å². The third-order valence-electron chi connectivity index (χ3n) is 3.87. The molecule has 0 saturated carbocycles. The van der Waals surface area contributed by atoms with Crippen LogP contribution in [-0.4, -0.2) is 48.6 Å². The molecule has 1 N–H and O–H groups in total. The van der Waals surface area contributed by atoms with E-state index in [4.69, 9.17) is 0 Å². The molecule has 94 valence electrons. The predicted molar refractivity (Wildman–Crippen MR) is 73.2 cm³/mol. The SMILES string of the molecule is CC1CN(CCCC2CCNCC2)CCS1. The third-order valence-corrected chi connectivity index (χ3v) is 5.01. The van der Waals surface area contributed by atoms with Gasteiger partial charge in [0.15, 0.2) is 0 Å². The highest BCUT2D eigenvalue weighted by Gasteiger charge is 2.17. The van der Waals surface area contributed by atoms with Crippen molar-refractivity contribution in [3.63, 3.8) is 0 Å². The molecule has 2 aliphatic rings. The van der Waals surface area contributed by atoms with Gasteiger partial charge in [0.05, 0.1) is 0 Å². The lowest BCUT2D eigenvalue weighted by Gasteiger charge is -2.31. The van der Waals surface area contributed by atoms with Crippen LogP contribution in [0.5, 0.6) is 0 Å². The normalized spacial score (nSPS) is 29.4. The van der Waals surface area contributed by atoms with Gasteiger partial charge < -0.3 is 10.2 Å². The summed E-state index contributed by atoms with van der Waals surface area (Å²) in [6, 6.07) is 0. The first-order valence-corrected chi connectivity index (χ1v) is 7.94. The molecule has 0 aromatic rings. The molecule has 2 rings (SSSR count). The summed E-state index contributed by atoms with van der Waals surface area (Å²) < 4.78 is 0. The van der Waals surface area contributed by atoms with Crippen molar-refractivity contribution in [2.75, 3.05) is 38.5 Å². The second kappa shape index (κ2) is 6.87. The van der Waals surface area contributed by atoms with E-state index in [-0.39, 0.29) is 0 Å². The van der Waals surface area contributed by atoms with Crippen molar-refractivity contribution >= 4 is 11.8 Å². The number of hydrogen-bond donors (Lipinski definition) is 1. The largest absolute Gasteiger partial charge is 0.317 e. The molecule has 16 heavy (non-hydrogen) atoms. The molecule has 0 aromatic carbocycles. The molecule has 1 atom stereocenters. The van der Waals surface area contributed by atoms with Gasteiger partial charge in [-0.05, 0) is 51.2 Å². The van der Waals surface area contributed by atoms with Crippen LogP contribution in [-0.2, 0) is 0 Å². The highest BCUT2D eigenvalue weighted by Crippen LogP contribution is 2.20. The molecule has 0 spiro atoms. The topological polar surface area (TPSA) is 15.3 Å². The van der Waals surface area contributed by atoms with Crippen molar-refractivity contribution in [3.8, 4) is 0 Å². The molecule has 2 nitrogen and oxygen atoms in total. The molecule has 2 saturated heterocycles. The minimum atomic E-state index is 0.854. The Hall–Kier alpha value is 0.270. The van der Waals surface area contributed by atoms with Gasteiger partial charge in [0.2, 0.25) is 0 Å². The number of hydrogen-bond acceptors (Lipinski definition) is 3. The first-order valence-electron chi connectivity index (χ1n) is 6.89. The minimum absolute atomic E-state index is 0.854. The minimum Gasteiger partial charge on any atom is -0.317 e. The van der Waals surface area contributed by atoms with Crippen LogP contribution in [0.3, 0.4) is 0 Å². The number of rotatable bonds is 4. The van der Waals surface area contributed by atoms with Gasteiger partial charge in [-0.3, -0.25) is 0 Å². The van der Waals surface area contributed by atoms with Crippen LogP contribution in [0.15, 0.2) is 0 Å². The van der Waals surface area contributed by atoms with Crippen molar-refractivity contribution in [3.05, 3.63) is 0 Å².